The number of hydrogen-bond donors (Lipinski definition) is 2. The first-order chi connectivity index (χ1) is 8.70. The van der Waals surface area contributed by atoms with Gasteiger partial charge in [0, 0.05) is 6.61 Å². The summed E-state index contributed by atoms with van der Waals surface area (Å²) >= 11 is 1.33. The van der Waals surface area contributed by atoms with Crippen LogP contribution in [0.25, 0.3) is 0 Å². The molecule has 1 amide bonds. The molecule has 1 aliphatic rings. The largest absolute Gasteiger partial charge is 0.368 e. The number of anilines is 1. The van der Waals surface area contributed by atoms with Crippen molar-refractivity contribution in [3.63, 3.8) is 0 Å². The average molecular weight is 265 g/mol. The highest BCUT2D eigenvalue weighted by Crippen LogP contribution is 2.23. The summed E-state index contributed by atoms with van der Waals surface area (Å²) in [7, 11) is 0. The molecule has 0 spiro atoms. The second kappa shape index (κ2) is 5.96. The van der Waals surface area contributed by atoms with Gasteiger partial charge in [-0.2, -0.15) is 0 Å². The van der Waals surface area contributed by atoms with E-state index in [1.54, 1.807) is 6.20 Å². The number of carbonyl (C=O) groups is 1. The Balaban J connectivity index is 1.96. The fourth-order valence-corrected chi connectivity index (χ4v) is 2.43. The number of thiazole rings is 1. The summed E-state index contributed by atoms with van der Waals surface area (Å²) in [6.45, 7) is 2.97. The van der Waals surface area contributed by atoms with Gasteiger partial charge < -0.3 is 10.5 Å². The van der Waals surface area contributed by atoms with Gasteiger partial charge in [0.2, 0.25) is 0 Å². The van der Waals surface area contributed by atoms with Crippen molar-refractivity contribution in [2.24, 2.45) is 11.7 Å². The molecule has 1 aromatic heterocycles. The molecule has 0 radical (unpaired) electrons. The van der Waals surface area contributed by atoms with Gasteiger partial charge in [-0.25, -0.2) is 4.98 Å². The van der Waals surface area contributed by atoms with Crippen LogP contribution < -0.4 is 11.1 Å². The second-order valence-electron chi connectivity index (χ2n) is 4.08. The van der Waals surface area contributed by atoms with Gasteiger partial charge in [0.25, 0.3) is 5.91 Å². The van der Waals surface area contributed by atoms with Crippen molar-refractivity contribution in [2.45, 2.75) is 19.4 Å². The molecule has 2 unspecified atom stereocenters. The van der Waals surface area contributed by atoms with Crippen molar-refractivity contribution in [2.75, 3.05) is 18.5 Å². The molecule has 5 nitrogen and oxygen atoms in total. The first-order valence-corrected chi connectivity index (χ1v) is 6.59. The summed E-state index contributed by atoms with van der Waals surface area (Å²) in [4.78, 5) is 16.8. The molecule has 18 heavy (non-hydrogen) atoms. The van der Waals surface area contributed by atoms with Crippen molar-refractivity contribution in [3.8, 4) is 11.8 Å². The molecule has 2 rings (SSSR count). The van der Waals surface area contributed by atoms with Crippen molar-refractivity contribution in [1.82, 2.24) is 4.98 Å². The Kier molecular flexibility index (Phi) is 4.31. The minimum Gasteiger partial charge on any atom is -0.368 e. The zero-order valence-electron chi connectivity index (χ0n) is 10.1. The van der Waals surface area contributed by atoms with Crippen LogP contribution in [0.15, 0.2) is 6.20 Å². The van der Waals surface area contributed by atoms with Gasteiger partial charge in [0.15, 0.2) is 5.13 Å². The van der Waals surface area contributed by atoms with E-state index in [-0.39, 0.29) is 17.9 Å². The van der Waals surface area contributed by atoms with Crippen LogP contribution in [0.5, 0.6) is 0 Å². The van der Waals surface area contributed by atoms with Crippen LogP contribution in [-0.4, -0.2) is 30.1 Å². The Bertz CT molecular complexity index is 489. The Morgan fingerprint density at radius 2 is 2.61 bits per heavy atom. The van der Waals surface area contributed by atoms with Crippen LogP contribution in [0.2, 0.25) is 0 Å². The maximum atomic E-state index is 11.9. The Labute approximate surface area is 110 Å². The molecule has 1 fully saturated rings. The van der Waals surface area contributed by atoms with Gasteiger partial charge in [-0.15, -0.1) is 0 Å². The third-order valence-electron chi connectivity index (χ3n) is 2.70. The number of nitrogens with zero attached hydrogens (tertiary/aromatic N) is 1. The molecular formula is C12H15N3O2S. The van der Waals surface area contributed by atoms with Gasteiger partial charge in [-0.3, -0.25) is 10.1 Å². The third-order valence-corrected chi connectivity index (χ3v) is 3.52. The van der Waals surface area contributed by atoms with E-state index in [0.29, 0.717) is 18.3 Å². The highest BCUT2D eigenvalue weighted by Gasteiger charge is 2.31. The number of ether oxygens (including phenoxy) is 1. The molecule has 1 saturated heterocycles. The molecule has 0 aliphatic carbocycles. The zero-order chi connectivity index (χ0) is 13.0. The molecule has 0 saturated carbocycles. The lowest BCUT2D eigenvalue weighted by molar-refractivity contribution is -0.126. The zero-order valence-corrected chi connectivity index (χ0v) is 10.9. The van der Waals surface area contributed by atoms with Gasteiger partial charge in [0.1, 0.15) is 6.10 Å². The molecule has 0 aromatic carbocycles. The number of nitrogens with two attached hydrogens (primary N) is 1. The van der Waals surface area contributed by atoms with Crippen molar-refractivity contribution in [1.29, 1.82) is 0 Å². The highest BCUT2D eigenvalue weighted by molar-refractivity contribution is 7.16. The van der Waals surface area contributed by atoms with E-state index in [1.165, 1.54) is 11.3 Å². The maximum Gasteiger partial charge on any atom is 0.255 e. The van der Waals surface area contributed by atoms with Crippen LogP contribution in [0.1, 0.15) is 18.2 Å². The predicted molar refractivity (Wildman–Crippen MR) is 70.2 cm³/mol. The first kappa shape index (κ1) is 13.0. The molecular weight excluding hydrogens is 250 g/mol. The van der Waals surface area contributed by atoms with Crippen LogP contribution in [0.4, 0.5) is 5.13 Å². The van der Waals surface area contributed by atoms with Crippen molar-refractivity contribution >= 4 is 22.4 Å². The van der Waals surface area contributed by atoms with Crippen molar-refractivity contribution in [3.05, 3.63) is 11.1 Å². The van der Waals surface area contributed by atoms with E-state index in [0.717, 1.165) is 11.3 Å². The molecule has 6 heteroatoms. The van der Waals surface area contributed by atoms with Gasteiger partial charge in [-0.1, -0.05) is 30.1 Å². The van der Waals surface area contributed by atoms with Crippen LogP contribution in [0.3, 0.4) is 0 Å². The molecule has 96 valence electrons. The summed E-state index contributed by atoms with van der Waals surface area (Å²) in [5.41, 5.74) is 5.29. The number of rotatable bonds is 2. The van der Waals surface area contributed by atoms with Gasteiger partial charge in [0.05, 0.1) is 17.6 Å². The average Bonchev–Trinajstić information content (AvgIpc) is 2.95. The van der Waals surface area contributed by atoms with Crippen LogP contribution in [0, 0.1) is 17.8 Å². The smallest absolute Gasteiger partial charge is 0.255 e. The lowest BCUT2D eigenvalue weighted by Crippen LogP contribution is -2.31. The Morgan fingerprint density at radius 3 is 3.28 bits per heavy atom. The quantitative estimate of drug-likeness (QED) is 0.776. The Hall–Kier alpha value is -1.42. The summed E-state index contributed by atoms with van der Waals surface area (Å²) in [6, 6.07) is 0. The topological polar surface area (TPSA) is 77.2 Å². The fraction of sp³-hybridized carbons (Fsp3) is 0.500. The normalized spacial score (nSPS) is 22.3. The first-order valence-electron chi connectivity index (χ1n) is 5.78. The number of amides is 1. The highest BCUT2D eigenvalue weighted by atomic mass is 32.1. The van der Waals surface area contributed by atoms with E-state index in [4.69, 9.17) is 10.5 Å². The number of carbonyl (C=O) groups excluding carboxylic acids is 1. The maximum absolute atomic E-state index is 11.9. The summed E-state index contributed by atoms with van der Waals surface area (Å²) in [5.74, 6) is 5.74. The van der Waals surface area contributed by atoms with E-state index in [2.05, 4.69) is 22.1 Å². The van der Waals surface area contributed by atoms with Crippen LogP contribution in [-0.2, 0) is 9.53 Å². The predicted octanol–water partition coefficient (Wildman–Crippen LogP) is 0.817. The number of nitrogens with one attached hydrogen (secondary N) is 1. The second-order valence-corrected chi connectivity index (χ2v) is 5.11. The summed E-state index contributed by atoms with van der Waals surface area (Å²) in [6.07, 6.45) is 2.18. The fourth-order valence-electron chi connectivity index (χ4n) is 1.74. The van der Waals surface area contributed by atoms with E-state index in [9.17, 15) is 4.79 Å². The van der Waals surface area contributed by atoms with E-state index in [1.807, 2.05) is 6.92 Å². The molecule has 2 heterocycles. The third kappa shape index (κ3) is 3.07. The molecule has 3 N–H and O–H groups in total. The lowest BCUT2D eigenvalue weighted by atomic mass is 10.0. The van der Waals surface area contributed by atoms with E-state index < -0.39 is 0 Å². The standard InChI is InChI=1S/C12H15N3O2S/c1-8-4-6-17-10(8)11(16)15-12-14-7-9(18-12)3-2-5-13/h7-8,10H,4-6,13H2,1H3,(H,14,15,16). The number of aromatic nitrogens is 1. The van der Waals surface area contributed by atoms with Crippen LogP contribution >= 0.6 is 11.3 Å². The monoisotopic (exact) mass is 265 g/mol. The minimum atomic E-state index is -0.368. The van der Waals surface area contributed by atoms with Gasteiger partial charge in [-0.05, 0) is 12.3 Å². The molecule has 1 aromatic rings. The summed E-state index contributed by atoms with van der Waals surface area (Å²) in [5, 5.41) is 3.30. The Morgan fingerprint density at radius 1 is 1.78 bits per heavy atom. The molecule has 1 aliphatic heterocycles. The van der Waals surface area contributed by atoms with E-state index >= 15 is 0 Å². The lowest BCUT2D eigenvalue weighted by Gasteiger charge is -2.12. The SMILES string of the molecule is CC1CCOC1C(=O)Nc1ncc(C#CCN)s1. The molecule has 2 atom stereocenters. The van der Waals surface area contributed by atoms with Gasteiger partial charge >= 0.3 is 0 Å². The number of hydrogen-bond acceptors (Lipinski definition) is 5. The summed E-state index contributed by atoms with van der Waals surface area (Å²) < 4.78 is 5.39. The van der Waals surface area contributed by atoms with Crippen molar-refractivity contribution < 1.29 is 9.53 Å². The minimum absolute atomic E-state index is 0.132. The molecule has 0 bridgehead atoms.